The fourth-order valence-corrected chi connectivity index (χ4v) is 10.3. The van der Waals surface area contributed by atoms with Crippen LogP contribution in [0.15, 0.2) is 24.3 Å². The lowest BCUT2D eigenvalue weighted by Gasteiger charge is -2.37. The molecule has 11 nitrogen and oxygen atoms in total. The Kier molecular flexibility index (Phi) is 13.5. The van der Waals surface area contributed by atoms with Crippen LogP contribution in [0.3, 0.4) is 0 Å². The van der Waals surface area contributed by atoms with Gasteiger partial charge in [-0.2, -0.15) is 0 Å². The summed E-state index contributed by atoms with van der Waals surface area (Å²) in [4.78, 5) is 26.8. The highest BCUT2D eigenvalue weighted by Gasteiger charge is 2.64. The van der Waals surface area contributed by atoms with Gasteiger partial charge in [-0.15, -0.1) is 0 Å². The number of halogens is 20. The van der Waals surface area contributed by atoms with Gasteiger partial charge in [0.15, 0.2) is 99.4 Å². The molecule has 31 heteroatoms. The van der Waals surface area contributed by atoms with E-state index in [1.807, 2.05) is 0 Å². The van der Waals surface area contributed by atoms with Gasteiger partial charge < -0.3 is 39.9 Å². The predicted octanol–water partition coefficient (Wildman–Crippen LogP) is 10.8. The molecule has 2 unspecified atom stereocenters. The van der Waals surface area contributed by atoms with Gasteiger partial charge >= 0.3 is 5.97 Å². The highest BCUT2D eigenvalue weighted by atomic mass is 19.2. The summed E-state index contributed by atoms with van der Waals surface area (Å²) in [6.07, 6.45) is -9.79. The minimum absolute atomic E-state index is 0.521. The molecule has 8 atom stereocenters. The number of nitrogens with one attached hydrogen (secondary N) is 2. The maximum Gasteiger partial charge on any atom is 0.310 e. The highest BCUT2D eigenvalue weighted by Crippen LogP contribution is 2.67. The summed E-state index contributed by atoms with van der Waals surface area (Å²) in [5, 5.41) is 40.8. The SMILES string of the molecule is O=C(OC[C@@H]1OC(O)[C@@H](O)[C@H](O)[C@@H]1O)C1[C@H]2c3nc(c(-c4c(F)c(F)c(F)c(F)c4F)c4ccc([nH]4)c(-c4c(F)c(F)c(F)c(F)c4F)c4nc(c(-c5c(F)c(F)c(F)c(F)c5F)c5ccc([nH]5)c3-c3c(F)c(F)c(F)c(F)c3F)C=C4)[C@@H]12. The van der Waals surface area contributed by atoms with Crippen molar-refractivity contribution in [2.24, 2.45) is 5.92 Å². The third kappa shape index (κ3) is 8.27. The Morgan fingerprint density at radius 1 is 0.398 bits per heavy atom. The van der Waals surface area contributed by atoms with Crippen molar-refractivity contribution in [3.05, 3.63) is 163 Å². The van der Waals surface area contributed by atoms with Crippen LogP contribution in [-0.2, 0) is 14.3 Å². The van der Waals surface area contributed by atoms with Gasteiger partial charge in [0.05, 0.1) is 50.9 Å². The Hall–Kier alpha value is -8.39. The molecule has 432 valence electrons. The zero-order chi connectivity index (χ0) is 60.2. The lowest BCUT2D eigenvalue weighted by Crippen LogP contribution is -2.58. The quantitative estimate of drug-likeness (QED) is 0.0393. The second-order valence-electron chi connectivity index (χ2n) is 18.7. The van der Waals surface area contributed by atoms with Gasteiger partial charge in [-0.25, -0.2) is 92.8 Å². The Morgan fingerprint density at radius 3 is 1.01 bits per heavy atom. The first-order valence-electron chi connectivity index (χ1n) is 23.2. The van der Waals surface area contributed by atoms with Crippen molar-refractivity contribution in [1.29, 1.82) is 0 Å². The van der Waals surface area contributed by atoms with Crippen LogP contribution in [-0.4, -0.2) is 83.6 Å². The molecule has 3 aromatic heterocycles. The van der Waals surface area contributed by atoms with Crippen LogP contribution in [0.4, 0.5) is 87.8 Å². The number of benzene rings is 4. The lowest BCUT2D eigenvalue weighted by atomic mass is 9.98. The average Bonchev–Trinajstić information content (AvgIpc) is 1.79. The van der Waals surface area contributed by atoms with Gasteiger partial charge in [-0.3, -0.25) is 9.78 Å². The number of aliphatic hydroxyl groups is 4. The van der Waals surface area contributed by atoms with Crippen molar-refractivity contribution in [1.82, 2.24) is 19.9 Å². The van der Waals surface area contributed by atoms with Gasteiger partial charge in [0, 0.05) is 56.2 Å². The van der Waals surface area contributed by atoms with E-state index in [1.54, 1.807) is 0 Å². The Morgan fingerprint density at radius 2 is 0.687 bits per heavy atom. The van der Waals surface area contributed by atoms with Crippen molar-refractivity contribution in [3.8, 4) is 44.5 Å². The average molecular weight is 1190 g/mol. The van der Waals surface area contributed by atoms with Gasteiger partial charge in [0.2, 0.25) is 23.3 Å². The Balaban J connectivity index is 1.36. The van der Waals surface area contributed by atoms with Crippen LogP contribution in [0.5, 0.6) is 0 Å². The molecule has 1 saturated carbocycles. The molecule has 0 radical (unpaired) electrons. The first-order valence-corrected chi connectivity index (χ1v) is 23.2. The molecule has 0 spiro atoms. The zero-order valence-corrected chi connectivity index (χ0v) is 39.8. The summed E-state index contributed by atoms with van der Waals surface area (Å²) in [7, 11) is 0. The summed E-state index contributed by atoms with van der Waals surface area (Å²) in [6, 6.07) is 2.11. The molecule has 83 heavy (non-hydrogen) atoms. The molecule has 4 aromatic carbocycles. The predicted molar refractivity (Wildman–Crippen MR) is 240 cm³/mol. The lowest BCUT2D eigenvalue weighted by molar-refractivity contribution is -0.287. The Labute approximate surface area is 445 Å². The Bertz CT molecular complexity index is 3920. The fourth-order valence-electron chi connectivity index (χ4n) is 10.3. The fraction of sp³-hybridized carbons (Fsp3) is 0.173. The van der Waals surface area contributed by atoms with Crippen molar-refractivity contribution in [2.45, 2.75) is 42.5 Å². The van der Waals surface area contributed by atoms with Gasteiger partial charge in [0.1, 0.15) is 31.0 Å². The zero-order valence-electron chi connectivity index (χ0n) is 39.8. The summed E-state index contributed by atoms with van der Waals surface area (Å²) in [5.74, 6) is -63.0. The number of aromatic nitrogens is 4. The molecule has 6 N–H and O–H groups in total. The van der Waals surface area contributed by atoms with E-state index in [2.05, 4.69) is 19.9 Å². The van der Waals surface area contributed by atoms with Crippen molar-refractivity contribution >= 4 is 40.2 Å². The number of aliphatic hydroxyl groups excluding tert-OH is 4. The van der Waals surface area contributed by atoms with Crippen LogP contribution in [0, 0.1) is 122 Å². The second-order valence-corrected chi connectivity index (χ2v) is 18.7. The summed E-state index contributed by atoms with van der Waals surface area (Å²) in [5.41, 5.74) is -22.9. The first-order chi connectivity index (χ1) is 39.1. The van der Waals surface area contributed by atoms with E-state index in [0.29, 0.717) is 36.4 Å². The molecular weight excluding hydrogens is 1170 g/mol. The largest absolute Gasteiger partial charge is 0.463 e. The van der Waals surface area contributed by atoms with Crippen molar-refractivity contribution in [3.63, 3.8) is 0 Å². The molecule has 7 aromatic rings. The third-order valence-electron chi connectivity index (χ3n) is 14.2. The molecule has 8 bridgehead atoms. The normalized spacial score (nSPS) is 21.0. The van der Waals surface area contributed by atoms with Gasteiger partial charge in [-0.05, 0) is 36.4 Å². The monoisotopic (exact) mass is 1190 g/mol. The number of H-pyrrole nitrogens is 2. The van der Waals surface area contributed by atoms with E-state index in [4.69, 9.17) is 9.47 Å². The number of rotatable bonds is 7. The summed E-state index contributed by atoms with van der Waals surface area (Å²) < 4.78 is 322. The van der Waals surface area contributed by atoms with E-state index >= 15 is 70.2 Å². The summed E-state index contributed by atoms with van der Waals surface area (Å²) >= 11 is 0. The third-order valence-corrected chi connectivity index (χ3v) is 14.2. The second kappa shape index (κ2) is 19.9. The van der Waals surface area contributed by atoms with Crippen LogP contribution >= 0.6 is 0 Å². The maximum atomic E-state index is 16.5. The summed E-state index contributed by atoms with van der Waals surface area (Å²) in [6.45, 7) is -1.26. The van der Waals surface area contributed by atoms with E-state index in [9.17, 15) is 42.8 Å². The highest BCUT2D eigenvalue weighted by molar-refractivity contribution is 5.99. The smallest absolute Gasteiger partial charge is 0.310 e. The number of nitrogens with zero attached hydrogens (tertiary/aromatic N) is 2. The van der Waals surface area contributed by atoms with E-state index in [-0.39, 0.29) is 0 Å². The van der Waals surface area contributed by atoms with Crippen LogP contribution in [0.25, 0.3) is 78.7 Å². The van der Waals surface area contributed by atoms with Gasteiger partial charge in [-0.1, -0.05) is 0 Å². The standard InChI is InChI=1S/C52H22F20N4O7/c53-26-22(27(54)35(62)42(69)34(26)61)15-8-1-2-9(73-8)16(23-28(55)36(63)43(70)37(64)29(23)56)11-4-6-13(75-11)18(25-32(59)40(67)45(72)41(68)33(25)60)47-20-19(21(20)51(80)82-7-14-48(77)49(78)50(79)52(81)83-14)46(76-47)17(12-5-3-10(15)74-12)24-30(57)38(65)44(71)39(66)31(24)58/h1-6,14,19-21,48-50,52,74-75,77-79,81H,7H2/t14-,19-,20+,21?,48+,49+,50-,52?/m0/s1. The number of carbonyl (C=O) groups excluding carboxylic acids is 1. The molecule has 1 aliphatic carbocycles. The van der Waals surface area contributed by atoms with E-state index < -0.39 is 267 Å². The van der Waals surface area contributed by atoms with Crippen LogP contribution in [0.1, 0.15) is 34.6 Å². The number of esters is 1. The van der Waals surface area contributed by atoms with Crippen molar-refractivity contribution < 1.29 is 123 Å². The van der Waals surface area contributed by atoms with Crippen molar-refractivity contribution in [2.75, 3.05) is 6.61 Å². The molecule has 4 aliphatic rings. The number of ether oxygens (including phenoxy) is 2. The minimum Gasteiger partial charge on any atom is -0.463 e. The number of hydrogen-bond donors (Lipinski definition) is 6. The molecule has 11 rings (SSSR count). The number of fused-ring (bicyclic) bond motifs is 11. The minimum atomic E-state index is -2.84. The van der Waals surface area contributed by atoms with Crippen LogP contribution < -0.4 is 0 Å². The molecule has 2 fully saturated rings. The molecule has 1 saturated heterocycles. The number of aromatic amines is 2. The van der Waals surface area contributed by atoms with E-state index in [0.717, 1.165) is 0 Å². The molecule has 3 aliphatic heterocycles. The molecule has 6 heterocycles. The van der Waals surface area contributed by atoms with E-state index in [1.165, 1.54) is 0 Å². The number of hydrogen-bond acceptors (Lipinski definition) is 9. The molecule has 0 amide bonds. The molecular formula is C52H22F20N4O7. The van der Waals surface area contributed by atoms with Crippen LogP contribution in [0.2, 0.25) is 0 Å². The topological polar surface area (TPSA) is 174 Å². The first kappa shape index (κ1) is 56.5. The maximum absolute atomic E-state index is 16.5. The number of carbonyl (C=O) groups is 1. The van der Waals surface area contributed by atoms with Gasteiger partial charge in [0.25, 0.3) is 0 Å².